The minimum Gasteiger partial charge on any atom is -0.399 e. The Hall–Kier alpha value is -1.55. The first-order chi connectivity index (χ1) is 8.16. The van der Waals surface area contributed by atoms with E-state index < -0.39 is 0 Å². The highest BCUT2D eigenvalue weighted by atomic mass is 16.5. The number of carbonyl (C=O) groups is 1. The lowest BCUT2D eigenvalue weighted by molar-refractivity contribution is -0.129. The van der Waals surface area contributed by atoms with Crippen LogP contribution in [0.2, 0.25) is 0 Å². The quantitative estimate of drug-likeness (QED) is 0.778. The maximum Gasteiger partial charge on any atom is 0.224 e. The summed E-state index contributed by atoms with van der Waals surface area (Å²) in [4.78, 5) is 13.2. The average molecular weight is 234 g/mol. The number of para-hydroxylation sites is 1. The van der Waals surface area contributed by atoms with E-state index >= 15 is 0 Å². The van der Waals surface area contributed by atoms with Crippen LogP contribution in [0.1, 0.15) is 12.0 Å². The van der Waals surface area contributed by atoms with Gasteiger partial charge in [-0.15, -0.1) is 0 Å². The van der Waals surface area contributed by atoms with Gasteiger partial charge in [0.05, 0.1) is 19.1 Å². The van der Waals surface area contributed by atoms with Gasteiger partial charge in [-0.25, -0.2) is 0 Å². The van der Waals surface area contributed by atoms with Crippen LogP contribution in [-0.4, -0.2) is 37.1 Å². The van der Waals surface area contributed by atoms with Crippen molar-refractivity contribution in [2.75, 3.05) is 25.9 Å². The van der Waals surface area contributed by atoms with Crippen LogP contribution >= 0.6 is 0 Å². The molecule has 1 aromatic rings. The Morgan fingerprint density at radius 3 is 3.00 bits per heavy atom. The molecule has 1 amide bonds. The molecular weight excluding hydrogens is 216 g/mol. The van der Waals surface area contributed by atoms with Crippen LogP contribution in [0, 0.1) is 0 Å². The molecule has 1 atom stereocenters. The van der Waals surface area contributed by atoms with Crippen molar-refractivity contribution in [3.63, 3.8) is 0 Å². The fraction of sp³-hybridized carbons (Fsp3) is 0.462. The molecule has 0 spiro atoms. The maximum absolute atomic E-state index is 11.5. The van der Waals surface area contributed by atoms with Gasteiger partial charge in [0.15, 0.2) is 0 Å². The summed E-state index contributed by atoms with van der Waals surface area (Å²) >= 11 is 0. The van der Waals surface area contributed by atoms with Crippen LogP contribution in [0.25, 0.3) is 0 Å². The smallest absolute Gasteiger partial charge is 0.224 e. The van der Waals surface area contributed by atoms with E-state index in [1.807, 2.05) is 31.3 Å². The van der Waals surface area contributed by atoms with E-state index in [4.69, 9.17) is 10.5 Å². The Bertz CT molecular complexity index is 406. The van der Waals surface area contributed by atoms with E-state index in [0.29, 0.717) is 19.6 Å². The fourth-order valence-corrected chi connectivity index (χ4v) is 2.05. The van der Waals surface area contributed by atoms with Gasteiger partial charge in [-0.2, -0.15) is 0 Å². The van der Waals surface area contributed by atoms with Gasteiger partial charge in [-0.05, 0) is 11.6 Å². The van der Waals surface area contributed by atoms with Gasteiger partial charge in [0.1, 0.15) is 0 Å². The second-order valence-corrected chi connectivity index (χ2v) is 4.42. The highest BCUT2D eigenvalue weighted by molar-refractivity contribution is 5.76. The standard InChI is InChI=1S/C13H18N2O2/c1-15-9-11(17-7-6-13(15)16)8-10-4-2-3-5-12(10)14/h2-5,11H,6-9,14H2,1H3. The Morgan fingerprint density at radius 2 is 2.24 bits per heavy atom. The third-order valence-corrected chi connectivity index (χ3v) is 3.08. The van der Waals surface area contributed by atoms with Crippen LogP contribution in [0.3, 0.4) is 0 Å². The molecule has 0 saturated carbocycles. The van der Waals surface area contributed by atoms with Crippen molar-refractivity contribution < 1.29 is 9.53 Å². The number of nitrogens with two attached hydrogens (primary N) is 1. The van der Waals surface area contributed by atoms with Crippen molar-refractivity contribution in [1.29, 1.82) is 0 Å². The van der Waals surface area contributed by atoms with Crippen LogP contribution < -0.4 is 5.73 Å². The van der Waals surface area contributed by atoms with Gasteiger partial charge in [0.25, 0.3) is 0 Å². The van der Waals surface area contributed by atoms with Crippen molar-refractivity contribution in [3.05, 3.63) is 29.8 Å². The van der Waals surface area contributed by atoms with Gasteiger partial charge in [-0.3, -0.25) is 4.79 Å². The highest BCUT2D eigenvalue weighted by Crippen LogP contribution is 2.16. The molecule has 1 aromatic carbocycles. The number of rotatable bonds is 2. The van der Waals surface area contributed by atoms with Crippen molar-refractivity contribution in [3.8, 4) is 0 Å². The number of hydrogen-bond donors (Lipinski definition) is 1. The topological polar surface area (TPSA) is 55.6 Å². The van der Waals surface area contributed by atoms with Crippen molar-refractivity contribution >= 4 is 11.6 Å². The van der Waals surface area contributed by atoms with Gasteiger partial charge >= 0.3 is 0 Å². The maximum atomic E-state index is 11.5. The Balaban J connectivity index is 2.04. The molecule has 92 valence electrons. The first-order valence-electron chi connectivity index (χ1n) is 5.86. The predicted octanol–water partition coefficient (Wildman–Crippen LogP) is 1.06. The molecular formula is C13H18N2O2. The second-order valence-electron chi connectivity index (χ2n) is 4.42. The number of nitrogen functional groups attached to an aromatic ring is 1. The van der Waals surface area contributed by atoms with Gasteiger partial charge < -0.3 is 15.4 Å². The molecule has 4 heteroatoms. The summed E-state index contributed by atoms with van der Waals surface area (Å²) in [6.45, 7) is 1.13. The molecule has 1 aliphatic heterocycles. The lowest BCUT2D eigenvalue weighted by Gasteiger charge is -2.20. The Kier molecular flexibility index (Phi) is 3.64. The SMILES string of the molecule is CN1CC(Cc2ccccc2N)OCCC1=O. The number of nitrogens with zero attached hydrogens (tertiary/aromatic N) is 1. The molecule has 2 N–H and O–H groups in total. The molecule has 0 aliphatic carbocycles. The summed E-state index contributed by atoms with van der Waals surface area (Å²) in [7, 11) is 1.82. The van der Waals surface area contributed by atoms with E-state index in [1.165, 1.54) is 0 Å². The van der Waals surface area contributed by atoms with E-state index in [1.54, 1.807) is 4.90 Å². The van der Waals surface area contributed by atoms with E-state index in [-0.39, 0.29) is 12.0 Å². The molecule has 17 heavy (non-hydrogen) atoms. The summed E-state index contributed by atoms with van der Waals surface area (Å²) in [6, 6.07) is 7.78. The summed E-state index contributed by atoms with van der Waals surface area (Å²) in [5.74, 6) is 0.147. The first-order valence-corrected chi connectivity index (χ1v) is 5.86. The van der Waals surface area contributed by atoms with Crippen molar-refractivity contribution in [1.82, 2.24) is 4.90 Å². The zero-order valence-corrected chi connectivity index (χ0v) is 10.1. The highest BCUT2D eigenvalue weighted by Gasteiger charge is 2.21. The summed E-state index contributed by atoms with van der Waals surface area (Å²) < 4.78 is 5.68. The number of amides is 1. The fourth-order valence-electron chi connectivity index (χ4n) is 2.05. The molecule has 1 unspecified atom stereocenters. The zero-order valence-electron chi connectivity index (χ0n) is 10.1. The van der Waals surface area contributed by atoms with E-state index in [2.05, 4.69) is 0 Å². The van der Waals surface area contributed by atoms with Crippen molar-refractivity contribution in [2.45, 2.75) is 18.9 Å². The van der Waals surface area contributed by atoms with Crippen LogP contribution in [0.15, 0.2) is 24.3 Å². The van der Waals surface area contributed by atoms with Crippen LogP contribution in [0.5, 0.6) is 0 Å². The van der Waals surface area contributed by atoms with Gasteiger partial charge in [0, 0.05) is 25.7 Å². The van der Waals surface area contributed by atoms with Crippen LogP contribution in [0.4, 0.5) is 5.69 Å². The summed E-state index contributed by atoms with van der Waals surface area (Å²) in [5.41, 5.74) is 7.77. The number of likely N-dealkylation sites (N-methyl/N-ethyl adjacent to an activating group) is 1. The monoisotopic (exact) mass is 234 g/mol. The second kappa shape index (κ2) is 5.19. The Morgan fingerprint density at radius 1 is 1.47 bits per heavy atom. The number of ether oxygens (including phenoxy) is 1. The Labute approximate surface area is 101 Å². The molecule has 1 heterocycles. The third-order valence-electron chi connectivity index (χ3n) is 3.08. The molecule has 1 saturated heterocycles. The molecule has 0 aromatic heterocycles. The predicted molar refractivity (Wildman–Crippen MR) is 66.6 cm³/mol. The normalized spacial score (nSPS) is 21.4. The molecule has 4 nitrogen and oxygen atoms in total. The molecule has 2 rings (SSSR count). The average Bonchev–Trinajstić information content (AvgIpc) is 2.45. The van der Waals surface area contributed by atoms with Gasteiger partial charge in [-0.1, -0.05) is 18.2 Å². The minimum absolute atomic E-state index is 0.0381. The molecule has 1 fully saturated rings. The zero-order chi connectivity index (χ0) is 12.3. The largest absolute Gasteiger partial charge is 0.399 e. The van der Waals surface area contributed by atoms with Gasteiger partial charge in [0.2, 0.25) is 5.91 Å². The number of hydrogen-bond acceptors (Lipinski definition) is 3. The number of anilines is 1. The summed E-state index contributed by atoms with van der Waals surface area (Å²) in [5, 5.41) is 0. The van der Waals surface area contributed by atoms with E-state index in [9.17, 15) is 4.79 Å². The minimum atomic E-state index is 0.0381. The van der Waals surface area contributed by atoms with Crippen molar-refractivity contribution in [2.24, 2.45) is 0 Å². The van der Waals surface area contributed by atoms with E-state index in [0.717, 1.165) is 17.7 Å². The lowest BCUT2D eigenvalue weighted by Crippen LogP contribution is -2.33. The number of carbonyl (C=O) groups excluding carboxylic acids is 1. The molecule has 0 radical (unpaired) electrons. The molecule has 0 bridgehead atoms. The third kappa shape index (κ3) is 2.97. The number of benzene rings is 1. The molecule has 1 aliphatic rings. The summed E-state index contributed by atoms with van der Waals surface area (Å²) in [6.07, 6.45) is 1.26. The van der Waals surface area contributed by atoms with Crippen LogP contribution in [-0.2, 0) is 16.0 Å². The first kappa shape index (κ1) is 11.9. The lowest BCUT2D eigenvalue weighted by atomic mass is 10.1.